The van der Waals surface area contributed by atoms with Gasteiger partial charge in [-0.3, -0.25) is 0 Å². The Balaban J connectivity index is 1.98. The van der Waals surface area contributed by atoms with E-state index in [2.05, 4.69) is 10.3 Å². The molecule has 0 radical (unpaired) electrons. The van der Waals surface area contributed by atoms with Crippen LogP contribution in [0.15, 0.2) is 23.2 Å². The molecule has 7 heteroatoms. The molecule has 1 aromatic rings. The molecule has 1 aliphatic rings. The smallest absolute Gasteiger partial charge is 0.246 e. The van der Waals surface area contributed by atoms with Crippen LogP contribution < -0.4 is 5.32 Å². The number of nitrogens with one attached hydrogen (secondary N) is 1. The van der Waals surface area contributed by atoms with Gasteiger partial charge in [-0.2, -0.15) is 4.31 Å². The van der Waals surface area contributed by atoms with E-state index in [4.69, 9.17) is 4.74 Å². The Kier molecular flexibility index (Phi) is 5.55. The van der Waals surface area contributed by atoms with Crippen LogP contribution in [0.2, 0.25) is 0 Å². The van der Waals surface area contributed by atoms with Crippen LogP contribution in [-0.2, 0) is 14.8 Å². The number of nitrogens with zero attached hydrogens (tertiary/aromatic N) is 2. The number of sulfonamides is 1. The van der Waals surface area contributed by atoms with Crippen LogP contribution in [0.4, 0.5) is 5.82 Å². The zero-order chi connectivity index (χ0) is 15.3. The van der Waals surface area contributed by atoms with E-state index in [-0.39, 0.29) is 4.90 Å². The van der Waals surface area contributed by atoms with Crippen molar-refractivity contribution in [2.24, 2.45) is 5.92 Å². The zero-order valence-corrected chi connectivity index (χ0v) is 13.4. The lowest BCUT2D eigenvalue weighted by molar-refractivity contribution is 0.117. The third-order valence-electron chi connectivity index (χ3n) is 3.40. The monoisotopic (exact) mass is 313 g/mol. The predicted molar refractivity (Wildman–Crippen MR) is 81.8 cm³/mol. The van der Waals surface area contributed by atoms with Gasteiger partial charge in [-0.1, -0.05) is 0 Å². The van der Waals surface area contributed by atoms with Gasteiger partial charge in [0.2, 0.25) is 10.0 Å². The van der Waals surface area contributed by atoms with E-state index in [1.807, 2.05) is 6.92 Å². The quantitative estimate of drug-likeness (QED) is 0.701. The third-order valence-corrected chi connectivity index (χ3v) is 5.29. The minimum absolute atomic E-state index is 0.205. The van der Waals surface area contributed by atoms with Crippen molar-refractivity contribution in [1.29, 1.82) is 0 Å². The second kappa shape index (κ2) is 7.20. The van der Waals surface area contributed by atoms with Crippen LogP contribution in [-0.4, -0.2) is 51.1 Å². The Bertz CT molecular complexity index is 558. The van der Waals surface area contributed by atoms with Crippen LogP contribution in [0.3, 0.4) is 0 Å². The SMILES string of the molecule is CCNc1ncccc1S(=O)(=O)N(C)CCOCC1CC1. The van der Waals surface area contributed by atoms with Crippen LogP contribution in [0.5, 0.6) is 0 Å². The molecule has 1 saturated carbocycles. The van der Waals surface area contributed by atoms with E-state index in [1.165, 1.54) is 17.1 Å². The van der Waals surface area contributed by atoms with Gasteiger partial charge in [0.05, 0.1) is 6.61 Å². The third kappa shape index (κ3) is 4.39. The van der Waals surface area contributed by atoms with E-state index in [0.717, 1.165) is 6.61 Å². The van der Waals surface area contributed by atoms with Crippen molar-refractivity contribution in [2.45, 2.75) is 24.7 Å². The molecule has 0 aliphatic heterocycles. The summed E-state index contributed by atoms with van der Waals surface area (Å²) >= 11 is 0. The van der Waals surface area contributed by atoms with Gasteiger partial charge in [0.15, 0.2) is 0 Å². The zero-order valence-electron chi connectivity index (χ0n) is 12.6. The Morgan fingerprint density at radius 1 is 1.48 bits per heavy atom. The summed E-state index contributed by atoms with van der Waals surface area (Å²) in [6.45, 7) is 4.02. The molecule has 1 N–H and O–H groups in total. The largest absolute Gasteiger partial charge is 0.380 e. The summed E-state index contributed by atoms with van der Waals surface area (Å²) in [7, 11) is -1.98. The summed E-state index contributed by atoms with van der Waals surface area (Å²) in [4.78, 5) is 4.30. The maximum atomic E-state index is 12.6. The molecule has 6 nitrogen and oxygen atoms in total. The second-order valence-corrected chi connectivity index (χ2v) is 7.24. The minimum atomic E-state index is -3.55. The lowest BCUT2D eigenvalue weighted by Crippen LogP contribution is -2.31. The molecule has 0 atom stereocenters. The summed E-state index contributed by atoms with van der Waals surface area (Å²) < 4.78 is 31.9. The molecule has 118 valence electrons. The Hall–Kier alpha value is -1.18. The van der Waals surface area contributed by atoms with E-state index in [1.54, 1.807) is 25.4 Å². The van der Waals surface area contributed by atoms with Gasteiger partial charge in [-0.15, -0.1) is 0 Å². The molecular weight excluding hydrogens is 290 g/mol. The fourth-order valence-corrected chi connectivity index (χ4v) is 3.19. The number of hydrogen-bond donors (Lipinski definition) is 1. The number of aromatic nitrogens is 1. The first-order chi connectivity index (χ1) is 10.1. The van der Waals surface area contributed by atoms with Crippen LogP contribution in [0, 0.1) is 5.92 Å². The topological polar surface area (TPSA) is 71.5 Å². The van der Waals surface area contributed by atoms with Crippen molar-refractivity contribution < 1.29 is 13.2 Å². The number of hydrogen-bond acceptors (Lipinski definition) is 5. The first-order valence-electron chi connectivity index (χ1n) is 7.28. The molecule has 0 unspecified atom stereocenters. The number of ether oxygens (including phenoxy) is 1. The molecular formula is C14H23N3O3S. The standard InChI is InChI=1S/C14H23N3O3S/c1-3-15-14-13(5-4-8-16-14)21(18,19)17(2)9-10-20-11-12-6-7-12/h4-5,8,12H,3,6-7,9-11H2,1-2H3,(H,15,16). The highest BCUT2D eigenvalue weighted by Crippen LogP contribution is 2.28. The van der Waals surface area contributed by atoms with Gasteiger partial charge in [-0.05, 0) is 37.8 Å². The normalized spacial score (nSPS) is 15.4. The first kappa shape index (κ1) is 16.2. The van der Waals surface area contributed by atoms with Gasteiger partial charge in [0.1, 0.15) is 10.7 Å². The lowest BCUT2D eigenvalue weighted by atomic mass is 10.4. The average Bonchev–Trinajstić information content (AvgIpc) is 3.28. The fraction of sp³-hybridized carbons (Fsp3) is 0.643. The van der Waals surface area contributed by atoms with Crippen molar-refractivity contribution in [3.05, 3.63) is 18.3 Å². The molecule has 2 rings (SSSR count). The molecule has 0 saturated heterocycles. The summed E-state index contributed by atoms with van der Waals surface area (Å²) in [5.74, 6) is 1.08. The molecule has 0 spiro atoms. The van der Waals surface area contributed by atoms with Crippen LogP contribution in [0.25, 0.3) is 0 Å². The molecule has 1 fully saturated rings. The molecule has 1 heterocycles. The van der Waals surface area contributed by atoms with Gasteiger partial charge in [-0.25, -0.2) is 13.4 Å². The molecule has 0 amide bonds. The summed E-state index contributed by atoms with van der Waals surface area (Å²) in [5.41, 5.74) is 0. The highest BCUT2D eigenvalue weighted by atomic mass is 32.2. The highest BCUT2D eigenvalue weighted by molar-refractivity contribution is 7.89. The number of pyridine rings is 1. The summed E-state index contributed by atoms with van der Waals surface area (Å²) in [6.07, 6.45) is 4.04. The maximum absolute atomic E-state index is 12.6. The predicted octanol–water partition coefficient (Wildman–Crippen LogP) is 1.56. The molecule has 0 bridgehead atoms. The highest BCUT2D eigenvalue weighted by Gasteiger charge is 2.25. The van der Waals surface area contributed by atoms with Crippen molar-refractivity contribution in [2.75, 3.05) is 38.7 Å². The van der Waals surface area contributed by atoms with E-state index >= 15 is 0 Å². The van der Waals surface area contributed by atoms with Crippen molar-refractivity contribution in [3.8, 4) is 0 Å². The van der Waals surface area contributed by atoms with E-state index in [0.29, 0.717) is 31.4 Å². The first-order valence-corrected chi connectivity index (χ1v) is 8.72. The van der Waals surface area contributed by atoms with Gasteiger partial charge < -0.3 is 10.1 Å². The lowest BCUT2D eigenvalue weighted by Gasteiger charge is -2.19. The summed E-state index contributed by atoms with van der Waals surface area (Å²) in [6, 6.07) is 3.20. The van der Waals surface area contributed by atoms with Crippen molar-refractivity contribution in [3.63, 3.8) is 0 Å². The van der Waals surface area contributed by atoms with Crippen LogP contribution in [0.1, 0.15) is 19.8 Å². The van der Waals surface area contributed by atoms with Crippen molar-refractivity contribution >= 4 is 15.8 Å². The molecule has 1 aliphatic carbocycles. The second-order valence-electron chi connectivity index (χ2n) is 5.23. The average molecular weight is 313 g/mol. The van der Waals surface area contributed by atoms with Crippen molar-refractivity contribution in [1.82, 2.24) is 9.29 Å². The molecule has 1 aromatic heterocycles. The van der Waals surface area contributed by atoms with E-state index < -0.39 is 10.0 Å². The number of likely N-dealkylation sites (N-methyl/N-ethyl adjacent to an activating group) is 1. The Morgan fingerprint density at radius 2 is 2.24 bits per heavy atom. The fourth-order valence-electron chi connectivity index (χ4n) is 1.91. The molecule has 21 heavy (non-hydrogen) atoms. The van der Waals surface area contributed by atoms with Gasteiger partial charge >= 0.3 is 0 Å². The Morgan fingerprint density at radius 3 is 2.90 bits per heavy atom. The van der Waals surface area contributed by atoms with Gasteiger partial charge in [0, 0.05) is 32.9 Å². The van der Waals surface area contributed by atoms with Gasteiger partial charge in [0.25, 0.3) is 0 Å². The summed E-state index contributed by atoms with van der Waals surface area (Å²) in [5, 5.41) is 2.98. The van der Waals surface area contributed by atoms with E-state index in [9.17, 15) is 8.42 Å². The maximum Gasteiger partial charge on any atom is 0.246 e. The molecule has 0 aromatic carbocycles. The number of rotatable bonds is 9. The number of anilines is 1. The Labute approximate surface area is 126 Å². The minimum Gasteiger partial charge on any atom is -0.380 e. The van der Waals surface area contributed by atoms with Crippen LogP contribution >= 0.6 is 0 Å².